The molecular formula is C14H30N2O. The minimum absolute atomic E-state index is 0.369. The minimum Gasteiger partial charge on any atom is -0.396 e. The van der Waals surface area contributed by atoms with Crippen LogP contribution >= 0.6 is 0 Å². The predicted molar refractivity (Wildman–Crippen MR) is 73.2 cm³/mol. The highest BCUT2D eigenvalue weighted by Gasteiger charge is 2.12. The van der Waals surface area contributed by atoms with Crippen LogP contribution < -0.4 is 5.32 Å². The van der Waals surface area contributed by atoms with Crippen molar-refractivity contribution in [3.8, 4) is 0 Å². The van der Waals surface area contributed by atoms with Gasteiger partial charge in [-0.3, -0.25) is 0 Å². The van der Waals surface area contributed by atoms with Gasteiger partial charge in [0.1, 0.15) is 0 Å². The van der Waals surface area contributed by atoms with Crippen LogP contribution in [0.4, 0.5) is 0 Å². The molecule has 3 heteroatoms. The van der Waals surface area contributed by atoms with Crippen molar-refractivity contribution in [3.05, 3.63) is 0 Å². The van der Waals surface area contributed by atoms with Crippen molar-refractivity contribution in [3.63, 3.8) is 0 Å². The Morgan fingerprint density at radius 1 is 1.12 bits per heavy atom. The lowest BCUT2D eigenvalue weighted by molar-refractivity contribution is 0.186. The fourth-order valence-electron chi connectivity index (χ4n) is 2.43. The van der Waals surface area contributed by atoms with Crippen LogP contribution in [0, 0.1) is 11.8 Å². The standard InChI is InChI=1S/C14H30N2O/c1-13(2)5-6-14(12-17)4-3-9-16-10-7-15-8-11-16/h13-15,17H,3-12H2,1-2H3/t14-/m1/s1. The van der Waals surface area contributed by atoms with Gasteiger partial charge in [-0.2, -0.15) is 0 Å². The first-order chi connectivity index (χ1) is 8.22. The molecule has 0 spiro atoms. The lowest BCUT2D eigenvalue weighted by Gasteiger charge is -2.27. The number of hydrogen-bond donors (Lipinski definition) is 2. The van der Waals surface area contributed by atoms with E-state index in [1.54, 1.807) is 0 Å². The Balaban J connectivity index is 2.05. The maximum absolute atomic E-state index is 9.35. The molecule has 0 aromatic carbocycles. The van der Waals surface area contributed by atoms with Crippen molar-refractivity contribution in [2.75, 3.05) is 39.3 Å². The van der Waals surface area contributed by atoms with E-state index in [0.29, 0.717) is 12.5 Å². The average molecular weight is 242 g/mol. The van der Waals surface area contributed by atoms with Gasteiger partial charge in [0, 0.05) is 32.8 Å². The maximum atomic E-state index is 9.35. The third-order valence-corrected chi connectivity index (χ3v) is 3.71. The summed E-state index contributed by atoms with van der Waals surface area (Å²) in [5.41, 5.74) is 0. The van der Waals surface area contributed by atoms with Crippen LogP contribution in [0.15, 0.2) is 0 Å². The van der Waals surface area contributed by atoms with Crippen molar-refractivity contribution in [1.82, 2.24) is 10.2 Å². The van der Waals surface area contributed by atoms with E-state index in [0.717, 1.165) is 19.0 Å². The molecule has 0 amide bonds. The second kappa shape index (κ2) is 8.90. The zero-order valence-corrected chi connectivity index (χ0v) is 11.6. The van der Waals surface area contributed by atoms with E-state index in [-0.39, 0.29) is 0 Å². The third kappa shape index (κ3) is 7.02. The van der Waals surface area contributed by atoms with Crippen molar-refractivity contribution < 1.29 is 5.11 Å². The highest BCUT2D eigenvalue weighted by atomic mass is 16.3. The molecule has 1 atom stereocenters. The lowest BCUT2D eigenvalue weighted by atomic mass is 9.94. The zero-order chi connectivity index (χ0) is 12.5. The van der Waals surface area contributed by atoms with Crippen LogP contribution in [-0.4, -0.2) is 49.3 Å². The first-order valence-electron chi connectivity index (χ1n) is 7.26. The Bertz CT molecular complexity index is 179. The van der Waals surface area contributed by atoms with Crippen molar-refractivity contribution in [2.45, 2.75) is 39.5 Å². The Hall–Kier alpha value is -0.120. The second-order valence-corrected chi connectivity index (χ2v) is 5.75. The van der Waals surface area contributed by atoms with E-state index < -0.39 is 0 Å². The zero-order valence-electron chi connectivity index (χ0n) is 11.6. The van der Waals surface area contributed by atoms with Crippen molar-refractivity contribution in [2.24, 2.45) is 11.8 Å². The average Bonchev–Trinajstić information content (AvgIpc) is 2.34. The van der Waals surface area contributed by atoms with Gasteiger partial charge in [0.2, 0.25) is 0 Å². The highest BCUT2D eigenvalue weighted by molar-refractivity contribution is 4.68. The van der Waals surface area contributed by atoms with E-state index in [1.807, 2.05) is 0 Å². The Morgan fingerprint density at radius 2 is 1.82 bits per heavy atom. The summed E-state index contributed by atoms with van der Waals surface area (Å²) in [6, 6.07) is 0. The van der Waals surface area contributed by atoms with Crippen LogP contribution in [0.5, 0.6) is 0 Å². The Morgan fingerprint density at radius 3 is 2.41 bits per heavy atom. The van der Waals surface area contributed by atoms with Crippen molar-refractivity contribution in [1.29, 1.82) is 0 Å². The van der Waals surface area contributed by atoms with Gasteiger partial charge >= 0.3 is 0 Å². The molecule has 0 aromatic heterocycles. The SMILES string of the molecule is CC(C)CC[C@H](CO)CCCN1CCNCC1. The Kier molecular flexibility index (Phi) is 7.82. The molecule has 1 saturated heterocycles. The van der Waals surface area contributed by atoms with Gasteiger partial charge in [-0.05, 0) is 37.6 Å². The molecule has 0 aliphatic carbocycles. The number of aliphatic hydroxyl groups excluding tert-OH is 1. The molecule has 2 N–H and O–H groups in total. The molecule has 3 nitrogen and oxygen atoms in total. The Labute approximate surface area is 107 Å². The number of rotatable bonds is 8. The third-order valence-electron chi connectivity index (χ3n) is 3.71. The van der Waals surface area contributed by atoms with Gasteiger partial charge in [-0.15, -0.1) is 0 Å². The molecule has 1 fully saturated rings. The van der Waals surface area contributed by atoms with Gasteiger partial charge in [-0.25, -0.2) is 0 Å². The van der Waals surface area contributed by atoms with E-state index >= 15 is 0 Å². The van der Waals surface area contributed by atoms with Gasteiger partial charge in [0.05, 0.1) is 0 Å². The van der Waals surface area contributed by atoms with Crippen LogP contribution in [0.1, 0.15) is 39.5 Å². The van der Waals surface area contributed by atoms with Gasteiger partial charge in [-0.1, -0.05) is 20.3 Å². The quantitative estimate of drug-likeness (QED) is 0.680. The molecular weight excluding hydrogens is 212 g/mol. The van der Waals surface area contributed by atoms with E-state index in [2.05, 4.69) is 24.1 Å². The summed E-state index contributed by atoms with van der Waals surface area (Å²) < 4.78 is 0. The summed E-state index contributed by atoms with van der Waals surface area (Å²) in [5.74, 6) is 1.29. The molecule has 17 heavy (non-hydrogen) atoms. The monoisotopic (exact) mass is 242 g/mol. The number of nitrogens with zero attached hydrogens (tertiary/aromatic N) is 1. The topological polar surface area (TPSA) is 35.5 Å². The first kappa shape index (κ1) is 14.9. The van der Waals surface area contributed by atoms with E-state index in [4.69, 9.17) is 0 Å². The minimum atomic E-state index is 0.369. The predicted octanol–water partition coefficient (Wildman–Crippen LogP) is 1.72. The lowest BCUT2D eigenvalue weighted by Crippen LogP contribution is -2.43. The molecule has 102 valence electrons. The molecule has 0 aromatic rings. The van der Waals surface area contributed by atoms with Gasteiger partial charge in [0.25, 0.3) is 0 Å². The first-order valence-corrected chi connectivity index (χ1v) is 7.26. The smallest absolute Gasteiger partial charge is 0.0459 e. The molecule has 0 unspecified atom stereocenters. The van der Waals surface area contributed by atoms with Crippen LogP contribution in [0.2, 0.25) is 0 Å². The number of piperazine rings is 1. The molecule has 1 aliphatic rings. The second-order valence-electron chi connectivity index (χ2n) is 5.75. The summed E-state index contributed by atoms with van der Waals surface area (Å²) in [5, 5.41) is 12.7. The summed E-state index contributed by atoms with van der Waals surface area (Å²) in [4.78, 5) is 2.54. The fourth-order valence-corrected chi connectivity index (χ4v) is 2.43. The summed E-state index contributed by atoms with van der Waals surface area (Å²) in [6.07, 6.45) is 4.87. The molecule has 1 heterocycles. The van der Waals surface area contributed by atoms with Crippen LogP contribution in [0.25, 0.3) is 0 Å². The normalized spacial score (nSPS) is 19.8. The summed E-state index contributed by atoms with van der Waals surface area (Å²) in [7, 11) is 0. The van der Waals surface area contributed by atoms with Crippen LogP contribution in [0.3, 0.4) is 0 Å². The molecule has 0 bridgehead atoms. The number of hydrogen-bond acceptors (Lipinski definition) is 3. The number of nitrogens with one attached hydrogen (secondary N) is 1. The number of aliphatic hydroxyl groups is 1. The molecule has 0 saturated carbocycles. The molecule has 0 radical (unpaired) electrons. The summed E-state index contributed by atoms with van der Waals surface area (Å²) in [6.45, 7) is 10.7. The van der Waals surface area contributed by atoms with E-state index in [9.17, 15) is 5.11 Å². The molecule has 1 rings (SSSR count). The highest BCUT2D eigenvalue weighted by Crippen LogP contribution is 2.17. The fraction of sp³-hybridized carbons (Fsp3) is 1.00. The molecule has 1 aliphatic heterocycles. The largest absolute Gasteiger partial charge is 0.396 e. The van der Waals surface area contributed by atoms with E-state index in [1.165, 1.54) is 45.3 Å². The maximum Gasteiger partial charge on any atom is 0.0459 e. The van der Waals surface area contributed by atoms with Crippen molar-refractivity contribution >= 4 is 0 Å². The van der Waals surface area contributed by atoms with Gasteiger partial charge < -0.3 is 15.3 Å². The van der Waals surface area contributed by atoms with Gasteiger partial charge in [0.15, 0.2) is 0 Å². The van der Waals surface area contributed by atoms with Crippen LogP contribution in [-0.2, 0) is 0 Å². The summed E-state index contributed by atoms with van der Waals surface area (Å²) >= 11 is 0.